The van der Waals surface area contributed by atoms with Crippen LogP contribution < -0.4 is 5.32 Å². The van der Waals surface area contributed by atoms with Crippen molar-refractivity contribution in [2.45, 2.75) is 6.42 Å². The van der Waals surface area contributed by atoms with Gasteiger partial charge < -0.3 is 5.32 Å². The van der Waals surface area contributed by atoms with Crippen LogP contribution in [0.25, 0.3) is 0 Å². The Morgan fingerprint density at radius 1 is 1.32 bits per heavy atom. The number of thiophene rings is 1. The molecule has 0 aliphatic heterocycles. The molecule has 0 fully saturated rings. The van der Waals surface area contributed by atoms with Crippen LogP contribution in [0.3, 0.4) is 0 Å². The lowest BCUT2D eigenvalue weighted by Gasteiger charge is -2.05. The molecule has 0 saturated heterocycles. The van der Waals surface area contributed by atoms with Gasteiger partial charge in [-0.05, 0) is 46.6 Å². The van der Waals surface area contributed by atoms with Gasteiger partial charge in [0.15, 0.2) is 0 Å². The van der Waals surface area contributed by atoms with E-state index in [9.17, 15) is 4.79 Å². The van der Waals surface area contributed by atoms with Crippen LogP contribution in [0, 0.1) is 0 Å². The number of halogens is 3. The molecule has 0 saturated carbocycles. The van der Waals surface area contributed by atoms with E-state index in [-0.39, 0.29) is 16.2 Å². The average molecular weight is 380 g/mol. The fourth-order valence-electron chi connectivity index (χ4n) is 1.48. The van der Waals surface area contributed by atoms with Gasteiger partial charge in [-0.3, -0.25) is 4.79 Å². The Morgan fingerprint density at radius 2 is 2.00 bits per heavy atom. The number of nitrogens with zero attached hydrogens (tertiary/aromatic N) is 1. The molecule has 3 nitrogen and oxygen atoms in total. The summed E-state index contributed by atoms with van der Waals surface area (Å²) in [5, 5.41) is 3.23. The summed E-state index contributed by atoms with van der Waals surface area (Å²) in [4.78, 5) is 16.9. The van der Waals surface area contributed by atoms with Gasteiger partial charge in [0, 0.05) is 17.0 Å². The maximum absolute atomic E-state index is 11.9. The van der Waals surface area contributed by atoms with Crippen molar-refractivity contribution in [2.75, 3.05) is 6.54 Å². The van der Waals surface area contributed by atoms with Gasteiger partial charge in [-0.1, -0.05) is 23.2 Å². The van der Waals surface area contributed by atoms with Crippen molar-refractivity contribution in [2.24, 2.45) is 0 Å². The van der Waals surface area contributed by atoms with Crippen molar-refractivity contribution in [3.05, 3.63) is 48.8 Å². The van der Waals surface area contributed by atoms with Gasteiger partial charge in [0.1, 0.15) is 10.3 Å². The molecule has 0 unspecified atom stereocenters. The van der Waals surface area contributed by atoms with Crippen molar-refractivity contribution in [1.82, 2.24) is 10.3 Å². The Bertz CT molecular complexity index is 583. The fraction of sp³-hybridized carbons (Fsp3) is 0.167. The van der Waals surface area contributed by atoms with Crippen LogP contribution in [0.2, 0.25) is 10.3 Å². The molecule has 1 amide bonds. The van der Waals surface area contributed by atoms with Crippen molar-refractivity contribution in [3.63, 3.8) is 0 Å². The Hall–Kier alpha value is -0.620. The first-order valence-electron chi connectivity index (χ1n) is 5.40. The molecule has 0 aliphatic carbocycles. The first kappa shape index (κ1) is 14.8. The molecule has 2 heterocycles. The lowest BCUT2D eigenvalue weighted by Crippen LogP contribution is -2.25. The van der Waals surface area contributed by atoms with E-state index in [4.69, 9.17) is 23.2 Å². The minimum Gasteiger partial charge on any atom is -0.352 e. The second-order valence-electron chi connectivity index (χ2n) is 3.71. The van der Waals surface area contributed by atoms with Crippen LogP contribution in [0.1, 0.15) is 15.2 Å². The largest absolute Gasteiger partial charge is 0.352 e. The standard InChI is InChI=1S/C12H9BrCl2N2OS/c13-9-2-1-8(19-9)3-4-16-12(18)7-5-10(14)17-11(15)6-7/h1-2,5-6H,3-4H2,(H,16,18). The van der Waals surface area contributed by atoms with Crippen molar-refractivity contribution in [1.29, 1.82) is 0 Å². The van der Waals surface area contributed by atoms with E-state index in [2.05, 4.69) is 26.2 Å². The molecule has 2 aromatic heterocycles. The Balaban J connectivity index is 1.90. The van der Waals surface area contributed by atoms with E-state index < -0.39 is 0 Å². The highest BCUT2D eigenvalue weighted by molar-refractivity contribution is 9.11. The molecule has 0 spiro atoms. The molecule has 0 aliphatic rings. The zero-order valence-corrected chi connectivity index (χ0v) is 13.5. The second-order valence-corrected chi connectivity index (χ2v) is 7.04. The van der Waals surface area contributed by atoms with Crippen LogP contribution >= 0.6 is 50.5 Å². The van der Waals surface area contributed by atoms with Gasteiger partial charge in [0.2, 0.25) is 0 Å². The molecule has 1 N–H and O–H groups in total. The van der Waals surface area contributed by atoms with Gasteiger partial charge in [0.05, 0.1) is 3.79 Å². The number of hydrogen-bond acceptors (Lipinski definition) is 3. The molecule has 0 aromatic carbocycles. The first-order valence-corrected chi connectivity index (χ1v) is 7.76. The lowest BCUT2D eigenvalue weighted by atomic mass is 10.2. The highest BCUT2D eigenvalue weighted by Gasteiger charge is 2.08. The number of amides is 1. The summed E-state index contributed by atoms with van der Waals surface area (Å²) in [7, 11) is 0. The summed E-state index contributed by atoms with van der Waals surface area (Å²) in [6.45, 7) is 0.559. The summed E-state index contributed by atoms with van der Waals surface area (Å²) in [6.07, 6.45) is 0.786. The molecule has 7 heteroatoms. The number of carbonyl (C=O) groups excluding carboxylic acids is 1. The zero-order valence-electron chi connectivity index (χ0n) is 9.62. The molecule has 0 bridgehead atoms. The Morgan fingerprint density at radius 3 is 2.58 bits per heavy atom. The van der Waals surface area contributed by atoms with Gasteiger partial charge in [-0.25, -0.2) is 4.98 Å². The quantitative estimate of drug-likeness (QED) is 0.809. The lowest BCUT2D eigenvalue weighted by molar-refractivity contribution is 0.0954. The third kappa shape index (κ3) is 4.45. The van der Waals surface area contributed by atoms with E-state index in [0.717, 1.165) is 10.2 Å². The van der Waals surface area contributed by atoms with E-state index in [0.29, 0.717) is 12.1 Å². The minimum atomic E-state index is -0.207. The normalized spacial score (nSPS) is 10.5. The summed E-state index contributed by atoms with van der Waals surface area (Å²) in [6, 6.07) is 7.00. The molecule has 0 radical (unpaired) electrons. The Kier molecular flexibility index (Phi) is 5.21. The fourth-order valence-corrected chi connectivity index (χ4v) is 3.43. The van der Waals surface area contributed by atoms with Gasteiger partial charge >= 0.3 is 0 Å². The van der Waals surface area contributed by atoms with Crippen LogP contribution in [-0.2, 0) is 6.42 Å². The van der Waals surface area contributed by atoms with Crippen molar-refractivity contribution in [3.8, 4) is 0 Å². The monoisotopic (exact) mass is 378 g/mol. The van der Waals surface area contributed by atoms with Gasteiger partial charge in [0.25, 0.3) is 5.91 Å². The molecule has 100 valence electrons. The summed E-state index contributed by atoms with van der Waals surface area (Å²) >= 11 is 16.5. The molecular weight excluding hydrogens is 371 g/mol. The van der Waals surface area contributed by atoms with Crippen molar-refractivity contribution < 1.29 is 4.79 Å². The topological polar surface area (TPSA) is 42.0 Å². The number of carbonyl (C=O) groups is 1. The summed E-state index contributed by atoms with van der Waals surface area (Å²) in [5.74, 6) is -0.207. The van der Waals surface area contributed by atoms with Crippen LogP contribution in [0.5, 0.6) is 0 Å². The third-order valence-electron chi connectivity index (χ3n) is 2.31. The molecule has 19 heavy (non-hydrogen) atoms. The van der Waals surface area contributed by atoms with E-state index in [1.54, 1.807) is 11.3 Å². The highest BCUT2D eigenvalue weighted by Crippen LogP contribution is 2.22. The van der Waals surface area contributed by atoms with Gasteiger partial charge in [-0.2, -0.15) is 0 Å². The minimum absolute atomic E-state index is 0.207. The number of hydrogen-bond donors (Lipinski definition) is 1. The predicted molar refractivity (Wildman–Crippen MR) is 82.3 cm³/mol. The summed E-state index contributed by atoms with van der Waals surface area (Å²) < 4.78 is 1.08. The molecule has 0 atom stereocenters. The number of pyridine rings is 1. The Labute approximate surface area is 133 Å². The first-order chi connectivity index (χ1) is 9.04. The summed E-state index contributed by atoms with van der Waals surface area (Å²) in [5.41, 5.74) is 0.414. The zero-order chi connectivity index (χ0) is 13.8. The van der Waals surface area contributed by atoms with E-state index >= 15 is 0 Å². The third-order valence-corrected chi connectivity index (χ3v) is 4.38. The maximum atomic E-state index is 11.9. The molecule has 2 rings (SSSR count). The van der Waals surface area contributed by atoms with Crippen LogP contribution in [0.15, 0.2) is 28.1 Å². The maximum Gasteiger partial charge on any atom is 0.251 e. The smallest absolute Gasteiger partial charge is 0.251 e. The number of aromatic nitrogens is 1. The van der Waals surface area contributed by atoms with Gasteiger partial charge in [-0.15, -0.1) is 11.3 Å². The van der Waals surface area contributed by atoms with Crippen LogP contribution in [-0.4, -0.2) is 17.4 Å². The number of rotatable bonds is 4. The van der Waals surface area contributed by atoms with E-state index in [1.165, 1.54) is 17.0 Å². The highest BCUT2D eigenvalue weighted by atomic mass is 79.9. The van der Waals surface area contributed by atoms with Crippen molar-refractivity contribution >= 4 is 56.4 Å². The average Bonchev–Trinajstić information content (AvgIpc) is 2.73. The molecular formula is C12H9BrCl2N2OS. The molecule has 2 aromatic rings. The second kappa shape index (κ2) is 6.70. The number of nitrogens with one attached hydrogen (secondary N) is 1. The predicted octanol–water partition coefficient (Wildman–Crippen LogP) is 4.18. The van der Waals surface area contributed by atoms with Crippen LogP contribution in [0.4, 0.5) is 0 Å². The SMILES string of the molecule is O=C(NCCc1ccc(Br)s1)c1cc(Cl)nc(Cl)c1. The van der Waals surface area contributed by atoms with E-state index in [1.807, 2.05) is 12.1 Å².